The number of hydrogen-bond acceptors (Lipinski definition) is 5. The molecule has 0 atom stereocenters. The quantitative estimate of drug-likeness (QED) is 0.244. The van der Waals surface area contributed by atoms with Gasteiger partial charge in [-0.1, -0.05) is 46.8 Å². The molecule has 0 amide bonds. The summed E-state index contributed by atoms with van der Waals surface area (Å²) in [6.07, 6.45) is 0.159. The molecule has 174 valence electrons. The first kappa shape index (κ1) is 24.2. The Morgan fingerprint density at radius 3 is 2.24 bits per heavy atom. The minimum Gasteiger partial charge on any atom is -0.428 e. The summed E-state index contributed by atoms with van der Waals surface area (Å²) < 4.78 is 10.9. The van der Waals surface area contributed by atoms with Crippen molar-refractivity contribution in [1.29, 1.82) is 0 Å². The molecule has 0 N–H and O–H groups in total. The van der Waals surface area contributed by atoms with Crippen molar-refractivity contribution in [3.63, 3.8) is 0 Å². The Hall–Kier alpha value is -3.40. The van der Waals surface area contributed by atoms with E-state index in [1.54, 1.807) is 45.0 Å². The van der Waals surface area contributed by atoms with Crippen LogP contribution in [-0.2, 0) is 10.2 Å². The van der Waals surface area contributed by atoms with Gasteiger partial charge in [0.25, 0.3) is 0 Å². The van der Waals surface area contributed by atoms with Gasteiger partial charge in [-0.25, -0.2) is 9.64 Å². The predicted octanol–water partition coefficient (Wildman–Crippen LogP) is 7.00. The second-order valence-electron chi connectivity index (χ2n) is 11.1. The Morgan fingerprint density at radius 2 is 1.64 bits per heavy atom. The first-order chi connectivity index (χ1) is 15.2. The maximum atomic E-state index is 12.4. The predicted molar refractivity (Wildman–Crippen MR) is 129 cm³/mol. The van der Waals surface area contributed by atoms with Gasteiger partial charge in [0.05, 0.1) is 6.57 Å². The minimum absolute atomic E-state index is 0.129. The summed E-state index contributed by atoms with van der Waals surface area (Å²) in [5.74, 6) is 0.297. The van der Waals surface area contributed by atoms with Crippen LogP contribution in [-0.4, -0.2) is 26.8 Å². The van der Waals surface area contributed by atoms with Crippen LogP contribution >= 0.6 is 0 Å². The minimum atomic E-state index is -0.794. The summed E-state index contributed by atoms with van der Waals surface area (Å²) in [6.45, 7) is 23.6. The Morgan fingerprint density at radius 1 is 0.970 bits per heavy atom. The molecule has 1 heterocycles. The molecule has 0 fully saturated rings. The Balaban J connectivity index is 2.11. The van der Waals surface area contributed by atoms with E-state index in [9.17, 15) is 4.79 Å². The van der Waals surface area contributed by atoms with E-state index in [1.165, 1.54) is 4.80 Å². The van der Waals surface area contributed by atoms with Gasteiger partial charge in [0.15, 0.2) is 11.4 Å². The highest BCUT2D eigenvalue weighted by Crippen LogP contribution is 2.38. The van der Waals surface area contributed by atoms with E-state index in [0.29, 0.717) is 28.2 Å². The number of benzene rings is 2. The van der Waals surface area contributed by atoms with Crippen molar-refractivity contribution >= 4 is 22.9 Å². The molecule has 2 aromatic carbocycles. The molecule has 3 rings (SSSR count). The van der Waals surface area contributed by atoms with Crippen LogP contribution in [0, 0.1) is 12.0 Å². The Labute approximate surface area is 195 Å². The number of fused-ring (bicyclic) bond motifs is 1. The number of carbonyl (C=O) groups excluding carboxylic acids is 1. The highest BCUT2D eigenvalue weighted by molar-refractivity contribution is 5.79. The maximum Gasteiger partial charge on any atom is 0.514 e. The van der Waals surface area contributed by atoms with Crippen molar-refractivity contribution in [2.45, 2.75) is 72.8 Å². The van der Waals surface area contributed by atoms with Crippen LogP contribution in [0.4, 0.5) is 10.5 Å². The van der Waals surface area contributed by atoms with Crippen LogP contribution in [0.5, 0.6) is 5.75 Å². The van der Waals surface area contributed by atoms with Crippen LogP contribution in [0.2, 0.25) is 0 Å². The van der Waals surface area contributed by atoms with E-state index in [2.05, 4.69) is 49.7 Å². The lowest BCUT2D eigenvalue weighted by molar-refractivity contribution is 0.0205. The number of hydrogen-bond donors (Lipinski definition) is 0. The average Bonchev–Trinajstić information content (AvgIpc) is 3.07. The van der Waals surface area contributed by atoms with Crippen molar-refractivity contribution in [3.05, 3.63) is 53.4 Å². The van der Waals surface area contributed by atoms with Crippen molar-refractivity contribution in [3.8, 4) is 11.4 Å². The van der Waals surface area contributed by atoms with Gasteiger partial charge in [-0.3, -0.25) is 0 Å². The van der Waals surface area contributed by atoms with Gasteiger partial charge < -0.3 is 9.47 Å². The van der Waals surface area contributed by atoms with Gasteiger partial charge in [-0.2, -0.15) is 0 Å². The SMILES string of the molecule is [C-]#[N+]c1ccc2nn(-c3cc(C(C)(C)CC(C)(C)C)ccc3OC(=O)OC(C)(C)C)nc2c1. The van der Waals surface area contributed by atoms with Gasteiger partial charge in [0.1, 0.15) is 22.3 Å². The molecule has 3 aromatic rings. The molecule has 0 bridgehead atoms. The fraction of sp³-hybridized carbons (Fsp3) is 0.462. The van der Waals surface area contributed by atoms with E-state index < -0.39 is 11.8 Å². The third kappa shape index (κ3) is 6.10. The molecule has 0 aliphatic heterocycles. The fourth-order valence-corrected chi connectivity index (χ4v) is 4.05. The van der Waals surface area contributed by atoms with Crippen LogP contribution in [0.25, 0.3) is 21.6 Å². The molecule has 1 aromatic heterocycles. The molecule has 0 saturated carbocycles. The van der Waals surface area contributed by atoms with Crippen molar-refractivity contribution in [2.75, 3.05) is 0 Å². The van der Waals surface area contributed by atoms with E-state index in [1.807, 2.05) is 12.1 Å². The lowest BCUT2D eigenvalue weighted by Crippen LogP contribution is -2.27. The molecule has 7 nitrogen and oxygen atoms in total. The first-order valence-electron chi connectivity index (χ1n) is 11.0. The zero-order valence-electron chi connectivity index (χ0n) is 20.7. The maximum absolute atomic E-state index is 12.4. The summed E-state index contributed by atoms with van der Waals surface area (Å²) >= 11 is 0. The normalized spacial score (nSPS) is 12.5. The number of nitrogens with zero attached hydrogens (tertiary/aromatic N) is 4. The summed E-state index contributed by atoms with van der Waals surface area (Å²) in [6, 6.07) is 10.8. The van der Waals surface area contributed by atoms with Crippen LogP contribution in [0.3, 0.4) is 0 Å². The molecule has 0 unspecified atom stereocenters. The number of ether oxygens (including phenoxy) is 2. The largest absolute Gasteiger partial charge is 0.514 e. The van der Waals surface area contributed by atoms with Crippen molar-refractivity contribution < 1.29 is 14.3 Å². The summed E-state index contributed by atoms with van der Waals surface area (Å²) in [5.41, 5.74) is 2.63. The molecule has 0 aliphatic rings. The summed E-state index contributed by atoms with van der Waals surface area (Å²) in [4.78, 5) is 17.3. The van der Waals surface area contributed by atoms with E-state index in [0.717, 1.165) is 12.0 Å². The second-order valence-corrected chi connectivity index (χ2v) is 11.1. The topological polar surface area (TPSA) is 70.6 Å². The number of carbonyl (C=O) groups is 1. The van der Waals surface area contributed by atoms with Crippen LogP contribution < -0.4 is 4.74 Å². The molecule has 0 radical (unpaired) electrons. The Bertz CT molecular complexity index is 1220. The zero-order chi connectivity index (χ0) is 24.6. The third-order valence-electron chi connectivity index (χ3n) is 5.00. The van der Waals surface area contributed by atoms with Gasteiger partial charge in [-0.15, -0.1) is 15.0 Å². The van der Waals surface area contributed by atoms with E-state index >= 15 is 0 Å². The third-order valence-corrected chi connectivity index (χ3v) is 5.00. The molecular formula is C26H32N4O3. The zero-order valence-corrected chi connectivity index (χ0v) is 20.7. The van der Waals surface area contributed by atoms with Crippen molar-refractivity contribution in [2.24, 2.45) is 5.41 Å². The fourth-order valence-electron chi connectivity index (χ4n) is 4.05. The van der Waals surface area contributed by atoms with E-state index in [-0.39, 0.29) is 10.8 Å². The van der Waals surface area contributed by atoms with Crippen LogP contribution in [0.1, 0.15) is 67.4 Å². The molecule has 0 spiro atoms. The Kier molecular flexibility index (Phi) is 6.25. The highest BCUT2D eigenvalue weighted by atomic mass is 16.7. The van der Waals surface area contributed by atoms with Gasteiger partial charge in [-0.05, 0) is 67.9 Å². The second kappa shape index (κ2) is 8.51. The number of rotatable bonds is 4. The van der Waals surface area contributed by atoms with E-state index in [4.69, 9.17) is 16.0 Å². The standard InChI is InChI=1S/C26H32N4O3/c1-24(2,3)16-26(7,8)17-10-13-22(32-23(31)33-25(4,5)6)21(14-17)30-28-19-12-11-18(27-9)15-20(19)29-30/h10-15H,16H2,1-8H3. The average molecular weight is 449 g/mol. The molecule has 0 aliphatic carbocycles. The molecule has 7 heteroatoms. The van der Waals surface area contributed by atoms with Crippen LogP contribution in [0.15, 0.2) is 36.4 Å². The van der Waals surface area contributed by atoms with Crippen molar-refractivity contribution in [1.82, 2.24) is 15.0 Å². The lowest BCUT2D eigenvalue weighted by atomic mass is 9.72. The number of aromatic nitrogens is 3. The highest BCUT2D eigenvalue weighted by Gasteiger charge is 2.29. The molecular weight excluding hydrogens is 416 g/mol. The summed E-state index contributed by atoms with van der Waals surface area (Å²) in [5, 5.41) is 9.13. The lowest BCUT2D eigenvalue weighted by Gasteiger charge is -2.33. The monoisotopic (exact) mass is 448 g/mol. The smallest absolute Gasteiger partial charge is 0.428 e. The summed E-state index contributed by atoms with van der Waals surface area (Å²) in [7, 11) is 0. The van der Waals surface area contributed by atoms with Gasteiger partial charge in [0, 0.05) is 0 Å². The molecule has 0 saturated heterocycles. The van der Waals surface area contributed by atoms with Gasteiger partial charge >= 0.3 is 6.16 Å². The van der Waals surface area contributed by atoms with Gasteiger partial charge in [0.2, 0.25) is 0 Å². The molecule has 33 heavy (non-hydrogen) atoms. The first-order valence-corrected chi connectivity index (χ1v) is 11.0.